The Kier molecular flexibility index (Phi) is 4.99. The van der Waals surface area contributed by atoms with Gasteiger partial charge in [-0.1, -0.05) is 12.1 Å². The fraction of sp³-hybridized carbons (Fsp3) is 0.316. The molecule has 0 saturated carbocycles. The van der Waals surface area contributed by atoms with Crippen molar-refractivity contribution < 1.29 is 18.3 Å². The van der Waals surface area contributed by atoms with Crippen LogP contribution in [-0.2, 0) is 4.74 Å². The van der Waals surface area contributed by atoms with Crippen molar-refractivity contribution in [2.24, 2.45) is 0 Å². The molecule has 2 aromatic carbocycles. The average Bonchev–Trinajstić information content (AvgIpc) is 2.99. The second-order valence-corrected chi connectivity index (χ2v) is 6.29. The van der Waals surface area contributed by atoms with Crippen LogP contribution in [0.15, 0.2) is 42.5 Å². The van der Waals surface area contributed by atoms with E-state index in [0.717, 1.165) is 13.0 Å². The molecular weight excluding hydrogens is 326 g/mol. The Morgan fingerprint density at radius 1 is 1.20 bits per heavy atom. The molecule has 1 saturated heterocycles. The summed E-state index contributed by atoms with van der Waals surface area (Å²) in [6.45, 7) is 1.58. The van der Waals surface area contributed by atoms with Crippen molar-refractivity contribution in [1.29, 1.82) is 0 Å². The summed E-state index contributed by atoms with van der Waals surface area (Å²) in [7, 11) is 3.54. The average molecular weight is 346 g/mol. The first-order chi connectivity index (χ1) is 11.9. The van der Waals surface area contributed by atoms with E-state index in [0.29, 0.717) is 23.4 Å². The Bertz CT molecular complexity index is 782. The van der Waals surface area contributed by atoms with Gasteiger partial charge in [0.25, 0.3) is 0 Å². The van der Waals surface area contributed by atoms with Gasteiger partial charge in [0, 0.05) is 25.7 Å². The molecule has 0 N–H and O–H groups in total. The second kappa shape index (κ2) is 7.19. The van der Waals surface area contributed by atoms with Crippen molar-refractivity contribution in [1.82, 2.24) is 4.90 Å². The number of carbonyl (C=O) groups is 1. The molecule has 132 valence electrons. The number of ether oxygens (including phenoxy) is 1. The topological polar surface area (TPSA) is 32.8 Å². The van der Waals surface area contributed by atoms with Crippen molar-refractivity contribution in [2.45, 2.75) is 12.5 Å². The van der Waals surface area contributed by atoms with E-state index in [1.165, 1.54) is 35.2 Å². The van der Waals surface area contributed by atoms with Crippen molar-refractivity contribution in [3.05, 3.63) is 54.1 Å². The lowest BCUT2D eigenvalue weighted by atomic mass is 10.0. The molecule has 0 aliphatic carbocycles. The summed E-state index contributed by atoms with van der Waals surface area (Å²) < 4.78 is 32.8. The second-order valence-electron chi connectivity index (χ2n) is 6.29. The minimum atomic E-state index is -0.510. The molecule has 1 aliphatic rings. The van der Waals surface area contributed by atoms with Gasteiger partial charge < -0.3 is 9.64 Å². The van der Waals surface area contributed by atoms with Crippen LogP contribution in [0.4, 0.5) is 19.3 Å². The first-order valence-corrected chi connectivity index (χ1v) is 8.12. The van der Waals surface area contributed by atoms with Crippen LogP contribution in [0.1, 0.15) is 6.42 Å². The van der Waals surface area contributed by atoms with E-state index in [-0.39, 0.29) is 6.10 Å². The third-order valence-electron chi connectivity index (χ3n) is 4.35. The maximum atomic E-state index is 13.7. The molecule has 0 radical (unpaired) electrons. The number of anilines is 1. The molecular formula is C19H20F2N2O2. The summed E-state index contributed by atoms with van der Waals surface area (Å²) >= 11 is 0. The number of likely N-dealkylation sites (tertiary alicyclic amines) is 1. The number of hydrogen-bond acceptors (Lipinski definition) is 3. The summed E-state index contributed by atoms with van der Waals surface area (Å²) in [5.74, 6) is -0.880. The number of rotatable bonds is 3. The van der Waals surface area contributed by atoms with E-state index in [2.05, 4.69) is 4.90 Å². The van der Waals surface area contributed by atoms with E-state index < -0.39 is 17.7 Å². The molecule has 25 heavy (non-hydrogen) atoms. The lowest BCUT2D eigenvalue weighted by molar-refractivity contribution is 0.110. The maximum Gasteiger partial charge on any atom is 0.414 e. The van der Waals surface area contributed by atoms with Gasteiger partial charge in [-0.05, 0) is 49.4 Å². The summed E-state index contributed by atoms with van der Waals surface area (Å²) in [5, 5.41) is 0. The molecule has 0 aromatic heterocycles. The first kappa shape index (κ1) is 17.4. The molecule has 6 heteroatoms. The molecule has 0 bridgehead atoms. The third kappa shape index (κ3) is 3.96. The highest BCUT2D eigenvalue weighted by Gasteiger charge is 2.26. The van der Waals surface area contributed by atoms with E-state index in [4.69, 9.17) is 4.74 Å². The molecule has 3 rings (SSSR count). The predicted molar refractivity (Wildman–Crippen MR) is 92.6 cm³/mol. The van der Waals surface area contributed by atoms with Crippen LogP contribution in [0.3, 0.4) is 0 Å². The Morgan fingerprint density at radius 3 is 2.64 bits per heavy atom. The molecule has 1 heterocycles. The quantitative estimate of drug-likeness (QED) is 0.845. The minimum Gasteiger partial charge on any atom is -0.444 e. The van der Waals surface area contributed by atoms with Crippen LogP contribution >= 0.6 is 0 Å². The molecule has 0 spiro atoms. The Labute approximate surface area is 145 Å². The molecule has 2 aromatic rings. The van der Waals surface area contributed by atoms with Crippen LogP contribution in [0.2, 0.25) is 0 Å². The van der Waals surface area contributed by atoms with E-state index in [1.54, 1.807) is 19.2 Å². The molecule has 1 fully saturated rings. The number of benzene rings is 2. The highest BCUT2D eigenvalue weighted by molar-refractivity contribution is 5.93. The van der Waals surface area contributed by atoms with Crippen LogP contribution in [0.25, 0.3) is 11.1 Å². The number of amides is 1. The number of likely N-dealkylation sites (N-methyl/N-ethyl adjacent to an activating group) is 1. The van der Waals surface area contributed by atoms with Crippen molar-refractivity contribution >= 4 is 11.8 Å². The third-order valence-corrected chi connectivity index (χ3v) is 4.35. The number of halogens is 2. The molecule has 1 atom stereocenters. The van der Waals surface area contributed by atoms with E-state index in [9.17, 15) is 13.6 Å². The molecule has 1 aliphatic heterocycles. The first-order valence-electron chi connectivity index (χ1n) is 8.12. The standard InChI is InChI=1S/C19H20F2N2O2/c1-22-9-8-16(12-22)25-19(24)23(2)18-7-6-15(21)11-17(18)13-4-3-5-14(20)10-13/h3-7,10-11,16H,8-9,12H2,1-2H3/t16-/m1/s1. The molecule has 1 amide bonds. The SMILES string of the molecule is CN1CC[C@@H](OC(=O)N(C)c2ccc(F)cc2-c2cccc(F)c2)C1. The fourth-order valence-electron chi connectivity index (χ4n) is 3.00. The van der Waals surface area contributed by atoms with Crippen LogP contribution in [0.5, 0.6) is 0 Å². The number of hydrogen-bond donors (Lipinski definition) is 0. The lowest BCUT2D eigenvalue weighted by Gasteiger charge is -2.22. The zero-order valence-electron chi connectivity index (χ0n) is 14.2. The highest BCUT2D eigenvalue weighted by Crippen LogP contribution is 2.32. The van der Waals surface area contributed by atoms with Gasteiger partial charge in [-0.25, -0.2) is 13.6 Å². The van der Waals surface area contributed by atoms with Crippen LogP contribution < -0.4 is 4.90 Å². The summed E-state index contributed by atoms with van der Waals surface area (Å²) in [6, 6.07) is 9.90. The van der Waals surface area contributed by atoms with Gasteiger partial charge in [0.2, 0.25) is 0 Å². The zero-order chi connectivity index (χ0) is 18.0. The van der Waals surface area contributed by atoms with Crippen molar-refractivity contribution in [3.8, 4) is 11.1 Å². The minimum absolute atomic E-state index is 0.155. The predicted octanol–water partition coefficient (Wildman–Crippen LogP) is 3.91. The van der Waals surface area contributed by atoms with Gasteiger partial charge in [0.05, 0.1) is 5.69 Å². The fourth-order valence-corrected chi connectivity index (χ4v) is 3.00. The summed E-state index contributed by atoms with van der Waals surface area (Å²) in [4.78, 5) is 15.9. The highest BCUT2D eigenvalue weighted by atomic mass is 19.1. The number of nitrogens with zero attached hydrogens (tertiary/aromatic N) is 2. The zero-order valence-corrected chi connectivity index (χ0v) is 14.2. The van der Waals surface area contributed by atoms with Gasteiger partial charge in [0.1, 0.15) is 17.7 Å². The normalized spacial score (nSPS) is 17.5. The monoisotopic (exact) mass is 346 g/mol. The van der Waals surface area contributed by atoms with Gasteiger partial charge in [-0.15, -0.1) is 0 Å². The van der Waals surface area contributed by atoms with Crippen molar-refractivity contribution in [3.63, 3.8) is 0 Å². The van der Waals surface area contributed by atoms with Crippen molar-refractivity contribution in [2.75, 3.05) is 32.1 Å². The lowest BCUT2D eigenvalue weighted by Crippen LogP contribution is -2.32. The number of carbonyl (C=O) groups excluding carboxylic acids is 1. The van der Waals surface area contributed by atoms with Gasteiger partial charge >= 0.3 is 6.09 Å². The Hall–Kier alpha value is -2.47. The van der Waals surface area contributed by atoms with E-state index in [1.807, 2.05) is 7.05 Å². The van der Waals surface area contributed by atoms with Crippen LogP contribution in [-0.4, -0.2) is 44.3 Å². The van der Waals surface area contributed by atoms with Gasteiger partial charge in [-0.2, -0.15) is 0 Å². The summed E-state index contributed by atoms with van der Waals surface area (Å²) in [6.07, 6.45) is 0.124. The van der Waals surface area contributed by atoms with Gasteiger partial charge in [0.15, 0.2) is 0 Å². The largest absolute Gasteiger partial charge is 0.444 e. The molecule has 4 nitrogen and oxygen atoms in total. The van der Waals surface area contributed by atoms with E-state index >= 15 is 0 Å². The summed E-state index contributed by atoms with van der Waals surface area (Å²) in [5.41, 5.74) is 1.39. The molecule has 0 unspecified atom stereocenters. The smallest absolute Gasteiger partial charge is 0.414 e. The van der Waals surface area contributed by atoms with Gasteiger partial charge in [-0.3, -0.25) is 4.90 Å². The Morgan fingerprint density at radius 2 is 1.96 bits per heavy atom. The Balaban J connectivity index is 1.87. The maximum absolute atomic E-state index is 13.7. The van der Waals surface area contributed by atoms with Crippen LogP contribution in [0, 0.1) is 11.6 Å².